The van der Waals surface area contributed by atoms with Crippen molar-refractivity contribution in [2.45, 2.75) is 64.3 Å². The molecule has 2 aromatic heterocycles. The third-order valence-electron chi connectivity index (χ3n) is 6.02. The molecule has 1 atom stereocenters. The van der Waals surface area contributed by atoms with Crippen molar-refractivity contribution in [2.24, 2.45) is 5.92 Å². The summed E-state index contributed by atoms with van der Waals surface area (Å²) >= 11 is 0. The van der Waals surface area contributed by atoms with Gasteiger partial charge in [-0.2, -0.15) is 0 Å². The van der Waals surface area contributed by atoms with Crippen LogP contribution in [0.5, 0.6) is 0 Å². The third kappa shape index (κ3) is 5.09. The van der Waals surface area contributed by atoms with Crippen LogP contribution in [0.2, 0.25) is 0 Å². The lowest BCUT2D eigenvalue weighted by atomic mass is 9.76. The maximum absolute atomic E-state index is 12.6. The summed E-state index contributed by atoms with van der Waals surface area (Å²) in [5, 5.41) is 12.9. The Bertz CT molecular complexity index is 891. The number of aromatic amines is 1. The van der Waals surface area contributed by atoms with E-state index in [2.05, 4.69) is 20.3 Å². The first-order valence-electron chi connectivity index (χ1n) is 10.3. The van der Waals surface area contributed by atoms with E-state index in [0.717, 1.165) is 31.2 Å². The number of hydrogen-bond acceptors (Lipinski definition) is 5. The second-order valence-corrected chi connectivity index (χ2v) is 8.18. The topological polar surface area (TPSA) is 108 Å². The Morgan fingerprint density at radius 2 is 2.10 bits per heavy atom. The zero-order valence-electron chi connectivity index (χ0n) is 17.2. The second kappa shape index (κ2) is 9.31. The molecule has 0 spiro atoms. The van der Waals surface area contributed by atoms with Crippen molar-refractivity contribution in [3.8, 4) is 11.4 Å². The number of amides is 1. The van der Waals surface area contributed by atoms with Gasteiger partial charge >= 0.3 is 0 Å². The highest BCUT2D eigenvalue weighted by Crippen LogP contribution is 2.32. The Labute approximate surface area is 171 Å². The van der Waals surface area contributed by atoms with Gasteiger partial charge in [0.2, 0.25) is 5.91 Å². The summed E-state index contributed by atoms with van der Waals surface area (Å²) in [5.41, 5.74) is 1.01. The summed E-state index contributed by atoms with van der Waals surface area (Å²) in [6, 6.07) is 3.62. The molecule has 0 aliphatic heterocycles. The fourth-order valence-corrected chi connectivity index (χ4v) is 4.17. The number of rotatable bonds is 7. The summed E-state index contributed by atoms with van der Waals surface area (Å²) in [6.45, 7) is 3.62. The van der Waals surface area contributed by atoms with Crippen LogP contribution in [-0.4, -0.2) is 38.1 Å². The molecule has 7 nitrogen and oxygen atoms in total. The molecule has 0 saturated heterocycles. The van der Waals surface area contributed by atoms with Crippen molar-refractivity contribution < 1.29 is 9.90 Å². The predicted molar refractivity (Wildman–Crippen MR) is 111 cm³/mol. The van der Waals surface area contributed by atoms with Gasteiger partial charge in [-0.3, -0.25) is 14.6 Å². The number of nitrogens with one attached hydrogen (secondary N) is 2. The maximum atomic E-state index is 12.6. The quantitative estimate of drug-likeness (QED) is 0.664. The molecule has 1 fully saturated rings. The van der Waals surface area contributed by atoms with Crippen LogP contribution in [0.1, 0.15) is 56.7 Å². The minimum Gasteiger partial charge on any atom is -0.394 e. The van der Waals surface area contributed by atoms with E-state index in [4.69, 9.17) is 0 Å². The zero-order chi connectivity index (χ0) is 20.9. The summed E-state index contributed by atoms with van der Waals surface area (Å²) < 4.78 is 0. The van der Waals surface area contributed by atoms with E-state index in [1.165, 1.54) is 6.42 Å². The molecule has 1 saturated carbocycles. The van der Waals surface area contributed by atoms with Crippen molar-refractivity contribution >= 4 is 5.91 Å². The van der Waals surface area contributed by atoms with Gasteiger partial charge in [-0.15, -0.1) is 0 Å². The number of carbonyl (C=O) groups excluding carboxylic acids is 1. The summed E-state index contributed by atoms with van der Waals surface area (Å²) in [4.78, 5) is 36.4. The third-order valence-corrected chi connectivity index (χ3v) is 6.02. The molecule has 156 valence electrons. The van der Waals surface area contributed by atoms with Crippen molar-refractivity contribution in [2.75, 3.05) is 6.61 Å². The van der Waals surface area contributed by atoms with Crippen LogP contribution in [0.15, 0.2) is 29.3 Å². The molecule has 3 N–H and O–H groups in total. The Hall–Kier alpha value is -2.54. The number of aliphatic hydroxyl groups excluding tert-OH is 1. The molecule has 29 heavy (non-hydrogen) atoms. The van der Waals surface area contributed by atoms with Gasteiger partial charge in [-0.25, -0.2) is 4.98 Å². The average molecular weight is 399 g/mol. The summed E-state index contributed by atoms with van der Waals surface area (Å²) in [6.07, 6.45) is 9.33. The highest BCUT2D eigenvalue weighted by molar-refractivity contribution is 5.77. The highest BCUT2D eigenvalue weighted by Gasteiger charge is 2.35. The largest absolute Gasteiger partial charge is 0.394 e. The van der Waals surface area contributed by atoms with Crippen LogP contribution >= 0.6 is 0 Å². The van der Waals surface area contributed by atoms with E-state index in [9.17, 15) is 14.7 Å². The number of aliphatic hydroxyl groups is 1. The van der Waals surface area contributed by atoms with E-state index >= 15 is 0 Å². The van der Waals surface area contributed by atoms with Gasteiger partial charge in [0.15, 0.2) is 0 Å². The monoisotopic (exact) mass is 398 g/mol. The number of aromatic nitrogens is 3. The van der Waals surface area contributed by atoms with Crippen molar-refractivity contribution in [3.05, 3.63) is 46.1 Å². The minimum absolute atomic E-state index is 0.0790. The van der Waals surface area contributed by atoms with Gasteiger partial charge in [0.05, 0.1) is 12.1 Å². The molecule has 1 aliphatic rings. The fourth-order valence-electron chi connectivity index (χ4n) is 4.17. The smallest absolute Gasteiger partial charge is 0.254 e. The van der Waals surface area contributed by atoms with E-state index < -0.39 is 5.54 Å². The molecular weight excluding hydrogens is 368 g/mol. The van der Waals surface area contributed by atoms with Gasteiger partial charge in [0.25, 0.3) is 5.56 Å². The van der Waals surface area contributed by atoms with E-state index in [0.29, 0.717) is 23.5 Å². The van der Waals surface area contributed by atoms with Crippen LogP contribution in [0.3, 0.4) is 0 Å². The van der Waals surface area contributed by atoms with Crippen molar-refractivity contribution in [1.29, 1.82) is 0 Å². The molecule has 0 bridgehead atoms. The SMILES string of the molecule is Cc1nc(-c2cccnc2)[nH]c(=O)c1CCC(=O)NC(C)(CO)C1CCCCC1. The minimum atomic E-state index is -0.610. The standard InChI is InChI=1S/C22H30N4O3/c1-15-18(21(29)25-20(24-15)16-7-6-12-23-13-16)10-11-19(28)26-22(2,14-27)17-8-4-3-5-9-17/h6-7,12-13,17,27H,3-5,8-11,14H2,1-2H3,(H,26,28)(H,24,25,29). The molecule has 1 amide bonds. The molecule has 0 radical (unpaired) electrons. The first kappa shape index (κ1) is 21.2. The molecule has 1 aliphatic carbocycles. The molecule has 7 heteroatoms. The van der Waals surface area contributed by atoms with Crippen LogP contribution < -0.4 is 10.9 Å². The highest BCUT2D eigenvalue weighted by atomic mass is 16.3. The summed E-state index contributed by atoms with van der Waals surface area (Å²) in [5.74, 6) is 0.608. The van der Waals surface area contributed by atoms with Crippen LogP contribution in [0, 0.1) is 12.8 Å². The number of aryl methyl sites for hydroxylation is 1. The lowest BCUT2D eigenvalue weighted by molar-refractivity contribution is -0.124. The van der Waals surface area contributed by atoms with Gasteiger partial charge < -0.3 is 15.4 Å². The lowest BCUT2D eigenvalue weighted by Gasteiger charge is -2.39. The van der Waals surface area contributed by atoms with E-state index in [1.54, 1.807) is 25.4 Å². The Morgan fingerprint density at radius 1 is 1.34 bits per heavy atom. The maximum Gasteiger partial charge on any atom is 0.254 e. The number of H-pyrrole nitrogens is 1. The molecular formula is C22H30N4O3. The number of carbonyl (C=O) groups is 1. The predicted octanol–water partition coefficient (Wildman–Crippen LogP) is 2.52. The van der Waals surface area contributed by atoms with Crippen molar-refractivity contribution in [1.82, 2.24) is 20.3 Å². The zero-order valence-corrected chi connectivity index (χ0v) is 17.2. The normalized spacial score (nSPS) is 16.9. The van der Waals surface area contributed by atoms with Crippen LogP contribution in [0.25, 0.3) is 11.4 Å². The lowest BCUT2D eigenvalue weighted by Crippen LogP contribution is -2.54. The van der Waals surface area contributed by atoms with Gasteiger partial charge in [-0.1, -0.05) is 19.3 Å². The van der Waals surface area contributed by atoms with Crippen LogP contribution in [0.4, 0.5) is 0 Å². The molecule has 2 aromatic rings. The number of pyridine rings is 1. The first-order chi connectivity index (χ1) is 13.9. The Kier molecular flexibility index (Phi) is 6.79. The second-order valence-electron chi connectivity index (χ2n) is 8.18. The number of hydrogen-bond donors (Lipinski definition) is 3. The van der Waals surface area contributed by atoms with Crippen LogP contribution in [-0.2, 0) is 11.2 Å². The molecule has 3 rings (SSSR count). The Morgan fingerprint density at radius 3 is 2.72 bits per heavy atom. The fraction of sp³-hybridized carbons (Fsp3) is 0.545. The first-order valence-corrected chi connectivity index (χ1v) is 10.3. The van der Waals surface area contributed by atoms with Gasteiger partial charge in [0.1, 0.15) is 5.82 Å². The number of nitrogens with zero attached hydrogens (tertiary/aromatic N) is 2. The molecule has 1 unspecified atom stereocenters. The van der Waals surface area contributed by atoms with Gasteiger partial charge in [-0.05, 0) is 51.2 Å². The van der Waals surface area contributed by atoms with Gasteiger partial charge in [0, 0.05) is 35.6 Å². The summed E-state index contributed by atoms with van der Waals surface area (Å²) in [7, 11) is 0. The van der Waals surface area contributed by atoms with E-state index in [-0.39, 0.29) is 30.4 Å². The van der Waals surface area contributed by atoms with E-state index in [1.807, 2.05) is 13.0 Å². The van der Waals surface area contributed by atoms with Crippen molar-refractivity contribution in [3.63, 3.8) is 0 Å². The molecule has 2 heterocycles. The molecule has 0 aromatic carbocycles. The Balaban J connectivity index is 1.66. The average Bonchev–Trinajstić information content (AvgIpc) is 2.74.